The highest BCUT2D eigenvalue weighted by molar-refractivity contribution is 5.66. The van der Waals surface area contributed by atoms with E-state index in [1.807, 2.05) is 0 Å². The van der Waals surface area contributed by atoms with E-state index in [0.29, 0.717) is 40.3 Å². The molecule has 1 aromatic carbocycles. The van der Waals surface area contributed by atoms with Crippen LogP contribution in [0, 0.1) is 0 Å². The molecule has 0 spiro atoms. The van der Waals surface area contributed by atoms with Crippen LogP contribution in [0.4, 0.5) is 11.6 Å². The summed E-state index contributed by atoms with van der Waals surface area (Å²) in [6.45, 7) is 0. The van der Waals surface area contributed by atoms with Crippen molar-refractivity contribution in [3.05, 3.63) is 43.0 Å². The van der Waals surface area contributed by atoms with Gasteiger partial charge >= 0.3 is 0 Å². The first-order chi connectivity index (χ1) is 12.2. The van der Waals surface area contributed by atoms with Gasteiger partial charge in [0, 0.05) is 36.4 Å². The molecule has 0 atom stereocenters. The lowest BCUT2D eigenvalue weighted by Crippen LogP contribution is -2.01. The van der Waals surface area contributed by atoms with Gasteiger partial charge in [-0.05, 0) is 6.07 Å². The summed E-state index contributed by atoms with van der Waals surface area (Å²) < 4.78 is 16.0. The van der Waals surface area contributed by atoms with Crippen molar-refractivity contribution in [2.24, 2.45) is 0 Å². The van der Waals surface area contributed by atoms with E-state index >= 15 is 0 Å². The van der Waals surface area contributed by atoms with Gasteiger partial charge in [0.25, 0.3) is 0 Å². The number of nitrogens with zero attached hydrogens (tertiary/aromatic N) is 4. The average Bonchev–Trinajstić information content (AvgIpc) is 2.68. The first-order valence-corrected chi connectivity index (χ1v) is 7.41. The fraction of sp³-hybridized carbons (Fsp3) is 0.176. The molecule has 128 valence electrons. The van der Waals surface area contributed by atoms with Gasteiger partial charge in [0.15, 0.2) is 11.5 Å². The predicted molar refractivity (Wildman–Crippen MR) is 92.4 cm³/mol. The summed E-state index contributed by atoms with van der Waals surface area (Å²) in [6.07, 6.45) is 6.52. The van der Waals surface area contributed by atoms with Crippen molar-refractivity contribution in [2.75, 3.05) is 26.6 Å². The zero-order valence-corrected chi connectivity index (χ0v) is 14.1. The molecule has 0 bridgehead atoms. The normalized spacial score (nSPS) is 10.2. The fourth-order valence-electron chi connectivity index (χ4n) is 2.28. The maximum Gasteiger partial charge on any atom is 0.227 e. The van der Waals surface area contributed by atoms with Crippen LogP contribution < -0.4 is 19.5 Å². The van der Waals surface area contributed by atoms with Gasteiger partial charge in [0.2, 0.25) is 11.7 Å². The first-order valence-electron chi connectivity index (χ1n) is 7.41. The van der Waals surface area contributed by atoms with Crippen LogP contribution in [0.1, 0.15) is 0 Å². The Morgan fingerprint density at radius 2 is 1.60 bits per heavy atom. The molecule has 0 fully saturated rings. The summed E-state index contributed by atoms with van der Waals surface area (Å²) in [7, 11) is 4.68. The standard InChI is InChI=1S/C17H17N5O3/c1-23-14-8-11(9-15(24-2)16(14)25-3)21-17-20-5-4-12(22-17)13-10-18-6-7-19-13/h4-10H,1-3H3,(H,20,21,22). The number of rotatable bonds is 6. The monoisotopic (exact) mass is 339 g/mol. The fourth-order valence-corrected chi connectivity index (χ4v) is 2.28. The maximum atomic E-state index is 5.35. The molecule has 0 amide bonds. The van der Waals surface area contributed by atoms with Crippen molar-refractivity contribution in [2.45, 2.75) is 0 Å². The van der Waals surface area contributed by atoms with Crippen LogP contribution in [-0.2, 0) is 0 Å². The van der Waals surface area contributed by atoms with E-state index in [-0.39, 0.29) is 0 Å². The summed E-state index contributed by atoms with van der Waals surface area (Å²) in [5, 5.41) is 3.13. The quantitative estimate of drug-likeness (QED) is 0.733. The van der Waals surface area contributed by atoms with Gasteiger partial charge in [-0.25, -0.2) is 9.97 Å². The molecule has 2 heterocycles. The molecule has 0 unspecified atom stereocenters. The van der Waals surface area contributed by atoms with Gasteiger partial charge in [0.05, 0.1) is 33.2 Å². The second kappa shape index (κ2) is 7.43. The molecule has 2 aromatic heterocycles. The molecule has 1 N–H and O–H groups in total. The Balaban J connectivity index is 1.93. The van der Waals surface area contributed by atoms with Crippen LogP contribution in [0.3, 0.4) is 0 Å². The van der Waals surface area contributed by atoms with Gasteiger partial charge < -0.3 is 19.5 Å². The Labute approximate surface area is 144 Å². The zero-order valence-electron chi connectivity index (χ0n) is 14.1. The molecule has 8 nitrogen and oxygen atoms in total. The minimum atomic E-state index is 0.414. The van der Waals surface area contributed by atoms with Crippen molar-refractivity contribution in [1.29, 1.82) is 0 Å². The van der Waals surface area contributed by atoms with Crippen molar-refractivity contribution in [3.63, 3.8) is 0 Å². The lowest BCUT2D eigenvalue weighted by atomic mass is 10.2. The lowest BCUT2D eigenvalue weighted by Gasteiger charge is -2.14. The van der Waals surface area contributed by atoms with Gasteiger partial charge in [0.1, 0.15) is 5.69 Å². The molecule has 8 heteroatoms. The van der Waals surface area contributed by atoms with Crippen LogP contribution in [0.15, 0.2) is 43.0 Å². The second-order valence-electron chi connectivity index (χ2n) is 4.90. The maximum absolute atomic E-state index is 5.35. The largest absolute Gasteiger partial charge is 0.493 e. The highest BCUT2D eigenvalue weighted by Gasteiger charge is 2.14. The third-order valence-corrected chi connectivity index (χ3v) is 3.40. The molecule has 3 aromatic rings. The number of methoxy groups -OCH3 is 3. The van der Waals surface area contributed by atoms with Gasteiger partial charge in [-0.15, -0.1) is 0 Å². The van der Waals surface area contributed by atoms with E-state index < -0.39 is 0 Å². The summed E-state index contributed by atoms with van der Waals surface area (Å²) >= 11 is 0. The minimum Gasteiger partial charge on any atom is -0.493 e. The molecular formula is C17H17N5O3. The smallest absolute Gasteiger partial charge is 0.227 e. The number of ether oxygens (including phenoxy) is 3. The van der Waals surface area contributed by atoms with Crippen molar-refractivity contribution in [3.8, 4) is 28.6 Å². The van der Waals surface area contributed by atoms with Crippen LogP contribution in [-0.4, -0.2) is 41.3 Å². The molecule has 0 saturated heterocycles. The van der Waals surface area contributed by atoms with Gasteiger partial charge in [-0.3, -0.25) is 9.97 Å². The molecule has 0 radical (unpaired) electrons. The SMILES string of the molecule is COc1cc(Nc2nccc(-c3cnccn3)n2)cc(OC)c1OC. The summed E-state index contributed by atoms with van der Waals surface area (Å²) in [5.41, 5.74) is 2.03. The van der Waals surface area contributed by atoms with E-state index in [0.717, 1.165) is 0 Å². The van der Waals surface area contributed by atoms with Crippen LogP contribution in [0.2, 0.25) is 0 Å². The van der Waals surface area contributed by atoms with Gasteiger partial charge in [-0.1, -0.05) is 0 Å². The van der Waals surface area contributed by atoms with E-state index in [2.05, 4.69) is 25.3 Å². The molecular weight excluding hydrogens is 322 g/mol. The first kappa shape index (κ1) is 16.4. The van der Waals surface area contributed by atoms with E-state index in [9.17, 15) is 0 Å². The van der Waals surface area contributed by atoms with E-state index in [1.165, 1.54) is 0 Å². The lowest BCUT2D eigenvalue weighted by molar-refractivity contribution is 0.324. The average molecular weight is 339 g/mol. The molecule has 0 aliphatic rings. The van der Waals surface area contributed by atoms with E-state index in [4.69, 9.17) is 14.2 Å². The molecule has 0 aliphatic carbocycles. The van der Waals surface area contributed by atoms with Crippen molar-refractivity contribution < 1.29 is 14.2 Å². The number of hydrogen-bond acceptors (Lipinski definition) is 8. The topological polar surface area (TPSA) is 91.3 Å². The molecule has 25 heavy (non-hydrogen) atoms. The third kappa shape index (κ3) is 3.57. The Morgan fingerprint density at radius 3 is 2.20 bits per heavy atom. The number of hydrogen-bond donors (Lipinski definition) is 1. The van der Waals surface area contributed by atoms with Crippen LogP contribution in [0.25, 0.3) is 11.4 Å². The number of nitrogens with one attached hydrogen (secondary N) is 1. The Morgan fingerprint density at radius 1 is 0.840 bits per heavy atom. The highest BCUT2D eigenvalue weighted by atomic mass is 16.5. The number of anilines is 2. The van der Waals surface area contributed by atoms with Crippen molar-refractivity contribution in [1.82, 2.24) is 19.9 Å². The zero-order chi connectivity index (χ0) is 17.6. The minimum absolute atomic E-state index is 0.414. The molecule has 0 saturated carbocycles. The summed E-state index contributed by atoms with van der Waals surface area (Å²) in [6, 6.07) is 5.32. The number of benzene rings is 1. The van der Waals surface area contributed by atoms with Crippen LogP contribution >= 0.6 is 0 Å². The third-order valence-electron chi connectivity index (χ3n) is 3.40. The predicted octanol–water partition coefficient (Wildman–Crippen LogP) is 2.70. The molecule has 0 aliphatic heterocycles. The molecule has 3 rings (SSSR count). The summed E-state index contributed by atoms with van der Waals surface area (Å²) in [4.78, 5) is 17.0. The Hall–Kier alpha value is -3.42. The van der Waals surface area contributed by atoms with Gasteiger partial charge in [-0.2, -0.15) is 0 Å². The number of aromatic nitrogens is 4. The second-order valence-corrected chi connectivity index (χ2v) is 4.90. The van der Waals surface area contributed by atoms with Crippen LogP contribution in [0.5, 0.6) is 17.2 Å². The van der Waals surface area contributed by atoms with E-state index in [1.54, 1.807) is 64.3 Å². The summed E-state index contributed by atoms with van der Waals surface area (Å²) in [5.74, 6) is 2.01. The van der Waals surface area contributed by atoms with Crippen molar-refractivity contribution >= 4 is 11.6 Å². The highest BCUT2D eigenvalue weighted by Crippen LogP contribution is 2.40. The Kier molecular flexibility index (Phi) is 4.89. The Bertz CT molecular complexity index is 833.